The van der Waals surface area contributed by atoms with Crippen molar-refractivity contribution in [3.63, 3.8) is 0 Å². The summed E-state index contributed by atoms with van der Waals surface area (Å²) in [5.74, 6) is -5.53. The van der Waals surface area contributed by atoms with Gasteiger partial charge in [-0.3, -0.25) is 15.1 Å². The third-order valence-corrected chi connectivity index (χ3v) is 9.26. The van der Waals surface area contributed by atoms with E-state index in [1.807, 2.05) is 78.9 Å². The summed E-state index contributed by atoms with van der Waals surface area (Å²) in [5.41, 5.74) is 1.41. The molecule has 0 heterocycles. The quantitative estimate of drug-likeness (QED) is 0.0214. The molecule has 6 aromatic rings. The summed E-state index contributed by atoms with van der Waals surface area (Å²) < 4.78 is 102. The molecule has 0 saturated heterocycles. The first kappa shape index (κ1) is 50.4. The number of benzene rings is 6. The van der Waals surface area contributed by atoms with Gasteiger partial charge in [-0.25, -0.2) is 14.4 Å². The fraction of sp³-hybridized carbons (Fsp3) is 0.154. The van der Waals surface area contributed by atoms with E-state index in [9.17, 15) is 56.5 Å². The number of halogens is 6. The molecule has 0 bridgehead atoms. The standard InChI is InChI=1S/C14H12F2O5S.C13H10F2O5S.C12H8F2O5S/c15-14(16,22-21-20-18)13(17)19-8-7-10-5-6-11-3-1-2-4-12(11)9-10;14-13(15,21-20-19-17)12(16)18-8-9-5-6-10-3-1-2-4-11(10)7-9;13-12(14,20-19-18-16)11(15)17-10-6-5-8-3-1-2-4-9(8)7-10/h1-6,9,18H,7-8H2;1-7,17H,8H2;1-7,16H/p-3. The molecule has 336 valence electrons. The van der Waals surface area contributed by atoms with Crippen molar-refractivity contribution in [2.45, 2.75) is 28.8 Å². The number of hydrogen-bond acceptors (Lipinski definition) is 18. The molecule has 0 aromatic heterocycles. The maximum absolute atomic E-state index is 13.1. The number of ether oxygens (including phenoxy) is 3. The number of carbonyl (C=O) groups excluding carboxylic acids is 3. The van der Waals surface area contributed by atoms with E-state index in [0.29, 0.717) is 5.56 Å². The summed E-state index contributed by atoms with van der Waals surface area (Å²) in [6, 6.07) is 37.5. The molecule has 0 spiro atoms. The van der Waals surface area contributed by atoms with Crippen LogP contribution in [-0.2, 0) is 65.0 Å². The molecule has 6 aromatic carbocycles. The van der Waals surface area contributed by atoms with Crippen LogP contribution in [0.15, 0.2) is 127 Å². The molecule has 24 heteroatoms. The van der Waals surface area contributed by atoms with Gasteiger partial charge in [0.1, 0.15) is 48.5 Å². The fourth-order valence-electron chi connectivity index (χ4n) is 4.97. The van der Waals surface area contributed by atoms with Crippen molar-refractivity contribution in [2.75, 3.05) is 6.61 Å². The summed E-state index contributed by atoms with van der Waals surface area (Å²) in [6.45, 7) is -0.538. The van der Waals surface area contributed by atoms with Crippen molar-refractivity contribution >= 4 is 86.4 Å². The minimum atomic E-state index is -4.06. The van der Waals surface area contributed by atoms with Crippen LogP contribution in [0, 0.1) is 0 Å². The second-order valence-corrected chi connectivity index (χ2v) is 14.4. The predicted molar refractivity (Wildman–Crippen MR) is 206 cm³/mol. The summed E-state index contributed by atoms with van der Waals surface area (Å²) in [4.78, 5) is 33.6. The number of rotatable bonds is 18. The zero-order valence-corrected chi connectivity index (χ0v) is 33.8. The molecule has 0 saturated carbocycles. The number of esters is 3. The Hall–Kier alpha value is -5.22. The van der Waals surface area contributed by atoms with E-state index in [1.165, 1.54) is 12.1 Å². The first-order valence-electron chi connectivity index (χ1n) is 17.2. The van der Waals surface area contributed by atoms with E-state index in [2.05, 4.69) is 42.3 Å². The fourth-order valence-corrected chi connectivity index (χ4v) is 5.67. The Morgan fingerprint density at radius 1 is 0.460 bits per heavy atom. The normalized spacial score (nSPS) is 11.6. The number of hydrogen-bond donors (Lipinski definition) is 0. The monoisotopic (exact) mass is 945 g/mol. The molecule has 63 heavy (non-hydrogen) atoms. The average molecular weight is 946 g/mol. The van der Waals surface area contributed by atoms with Crippen molar-refractivity contribution in [2.24, 2.45) is 0 Å². The SMILES string of the molecule is O=C(OCCc1ccc2ccccc2c1)C(F)(F)SOO[O-].O=C(OCc1ccc2ccccc2c1)C(F)(F)SOO[O-].O=C(Oc1ccc2ccccc2c1)C(F)(F)SOO[O-]. The van der Waals surface area contributed by atoms with Crippen molar-refractivity contribution < 1.29 is 98.8 Å². The maximum atomic E-state index is 13.1. The summed E-state index contributed by atoms with van der Waals surface area (Å²) in [7, 11) is 0. The largest absolute Gasteiger partial charge is 0.691 e. The van der Waals surface area contributed by atoms with E-state index in [0.717, 1.165) is 37.9 Å². The zero-order valence-electron chi connectivity index (χ0n) is 31.4. The molecular weight excluding hydrogens is 919 g/mol. The van der Waals surface area contributed by atoms with Crippen LogP contribution in [0.1, 0.15) is 11.1 Å². The lowest BCUT2D eigenvalue weighted by molar-refractivity contribution is -0.777. The highest BCUT2D eigenvalue weighted by Gasteiger charge is 2.45. The number of alkyl halides is 6. The second kappa shape index (κ2) is 24.6. The van der Waals surface area contributed by atoms with Crippen LogP contribution in [0.3, 0.4) is 0 Å². The lowest BCUT2D eigenvalue weighted by Gasteiger charge is -2.14. The molecule has 0 fully saturated rings. The second-order valence-electron chi connectivity index (χ2n) is 11.9. The van der Waals surface area contributed by atoms with Gasteiger partial charge in [0.2, 0.25) is 0 Å². The molecule has 0 radical (unpaired) electrons. The maximum Gasteiger partial charge on any atom is 0.416 e. The Morgan fingerprint density at radius 3 is 1.32 bits per heavy atom. The zero-order chi connectivity index (χ0) is 45.9. The third kappa shape index (κ3) is 16.1. The molecule has 15 nitrogen and oxygen atoms in total. The van der Waals surface area contributed by atoms with Gasteiger partial charge >= 0.3 is 33.7 Å². The molecule has 6 rings (SSSR count). The van der Waals surface area contributed by atoms with Gasteiger partial charge in [-0.2, -0.15) is 39.3 Å². The van der Waals surface area contributed by atoms with Crippen LogP contribution in [0.4, 0.5) is 26.3 Å². The van der Waals surface area contributed by atoms with Crippen LogP contribution in [0.2, 0.25) is 0 Å². The first-order valence-corrected chi connectivity index (χ1v) is 19.4. The van der Waals surface area contributed by atoms with Crippen molar-refractivity contribution in [1.29, 1.82) is 0 Å². The first-order chi connectivity index (χ1) is 30.1. The lowest BCUT2D eigenvalue weighted by atomic mass is 10.1. The van der Waals surface area contributed by atoms with Gasteiger partial charge in [-0.05, 0) is 61.6 Å². The van der Waals surface area contributed by atoms with E-state index < -0.39 is 69.8 Å². The van der Waals surface area contributed by atoms with E-state index in [-0.39, 0.29) is 25.4 Å². The minimum Gasteiger partial charge on any atom is -0.691 e. The smallest absolute Gasteiger partial charge is 0.416 e. The summed E-state index contributed by atoms with van der Waals surface area (Å²) in [6.07, 6.45) is 0.288. The molecule has 0 aliphatic heterocycles. The van der Waals surface area contributed by atoms with Gasteiger partial charge in [-0.15, -0.1) is 0 Å². The Balaban J connectivity index is 0.000000208. The summed E-state index contributed by atoms with van der Waals surface area (Å²) in [5, 5.41) is 30.2. The van der Waals surface area contributed by atoms with Gasteiger partial charge in [0.15, 0.2) is 0 Å². The van der Waals surface area contributed by atoms with E-state index in [4.69, 9.17) is 0 Å². The van der Waals surface area contributed by atoms with Gasteiger partial charge < -0.3 is 30.0 Å². The Morgan fingerprint density at radius 2 is 0.841 bits per heavy atom. The topological polar surface area (TPSA) is 203 Å². The Kier molecular flexibility index (Phi) is 19.7. The van der Waals surface area contributed by atoms with Gasteiger partial charge in [0, 0.05) is 6.42 Å². The lowest BCUT2D eigenvalue weighted by Crippen LogP contribution is -2.30. The average Bonchev–Trinajstić information content (AvgIpc) is 3.29. The van der Waals surface area contributed by atoms with Crippen LogP contribution >= 0.6 is 36.1 Å². The highest BCUT2D eigenvalue weighted by atomic mass is 32.2. The third-order valence-electron chi connectivity index (χ3n) is 7.77. The Bertz CT molecular complexity index is 2430. The molecule has 0 amide bonds. The Labute approximate surface area is 363 Å². The van der Waals surface area contributed by atoms with E-state index in [1.54, 1.807) is 36.4 Å². The van der Waals surface area contributed by atoms with Crippen LogP contribution in [-0.4, -0.2) is 40.3 Å². The highest BCUT2D eigenvalue weighted by molar-refractivity contribution is 7.96. The number of carbonyl (C=O) groups is 3. The van der Waals surface area contributed by atoms with Crippen LogP contribution < -0.4 is 20.5 Å². The molecule has 0 aliphatic rings. The van der Waals surface area contributed by atoms with Gasteiger partial charge in [0.25, 0.3) is 0 Å². The predicted octanol–water partition coefficient (Wildman–Crippen LogP) is 6.95. The molecule has 0 N–H and O–H groups in total. The highest BCUT2D eigenvalue weighted by Crippen LogP contribution is 2.34. The van der Waals surface area contributed by atoms with Gasteiger partial charge in [-0.1, -0.05) is 109 Å². The molecular formula is C39H27F6O15S3-3. The number of fused-ring (bicyclic) bond motifs is 3. The van der Waals surface area contributed by atoms with E-state index >= 15 is 0 Å². The van der Waals surface area contributed by atoms with Crippen LogP contribution in [0.25, 0.3) is 32.3 Å². The molecule has 0 atom stereocenters. The van der Waals surface area contributed by atoms with Crippen molar-refractivity contribution in [3.05, 3.63) is 139 Å². The molecule has 0 aliphatic carbocycles. The van der Waals surface area contributed by atoms with Crippen molar-refractivity contribution in [1.82, 2.24) is 0 Å². The van der Waals surface area contributed by atoms with Crippen LogP contribution in [0.5, 0.6) is 5.75 Å². The van der Waals surface area contributed by atoms with Gasteiger partial charge in [0.05, 0.1) is 6.61 Å². The minimum absolute atomic E-state index is 0.0444. The van der Waals surface area contributed by atoms with Crippen molar-refractivity contribution in [3.8, 4) is 5.75 Å². The molecule has 0 unspecified atom stereocenters. The summed E-state index contributed by atoms with van der Waals surface area (Å²) >= 11 is -2.16.